The van der Waals surface area contributed by atoms with Gasteiger partial charge in [-0.2, -0.15) is 0 Å². The summed E-state index contributed by atoms with van der Waals surface area (Å²) < 4.78 is 20.7. The molecule has 7 nitrogen and oxygen atoms in total. The monoisotopic (exact) mass is 458 g/mol. The number of amides is 2. The maximum atomic E-state index is 13.3. The highest BCUT2D eigenvalue weighted by atomic mass is 19.1. The van der Waals surface area contributed by atoms with E-state index in [4.69, 9.17) is 4.74 Å². The topological polar surface area (TPSA) is 85.2 Å². The Labute approximate surface area is 196 Å². The lowest BCUT2D eigenvalue weighted by atomic mass is 10.1. The lowest BCUT2D eigenvalue weighted by Gasteiger charge is -2.10. The van der Waals surface area contributed by atoms with Crippen LogP contribution in [0.2, 0.25) is 0 Å². The van der Waals surface area contributed by atoms with Gasteiger partial charge in [0.2, 0.25) is 5.91 Å². The molecule has 0 saturated heterocycles. The van der Waals surface area contributed by atoms with E-state index in [9.17, 15) is 14.0 Å². The van der Waals surface area contributed by atoms with E-state index < -0.39 is 0 Å². The maximum absolute atomic E-state index is 13.3. The zero-order valence-corrected chi connectivity index (χ0v) is 18.3. The zero-order chi connectivity index (χ0) is 23.8. The molecule has 8 heteroatoms. The maximum Gasteiger partial charge on any atom is 0.255 e. The van der Waals surface area contributed by atoms with Gasteiger partial charge in [0.15, 0.2) is 0 Å². The number of imidazole rings is 1. The molecule has 4 rings (SSSR count). The molecule has 0 radical (unpaired) electrons. The smallest absolute Gasteiger partial charge is 0.255 e. The van der Waals surface area contributed by atoms with Gasteiger partial charge in [-0.25, -0.2) is 9.37 Å². The van der Waals surface area contributed by atoms with Gasteiger partial charge in [0, 0.05) is 48.4 Å². The summed E-state index contributed by atoms with van der Waals surface area (Å²) >= 11 is 0. The minimum atomic E-state index is -0.366. The average Bonchev–Trinajstić information content (AvgIpc) is 3.36. The van der Waals surface area contributed by atoms with Crippen molar-refractivity contribution < 1.29 is 18.7 Å². The number of halogens is 1. The molecule has 2 N–H and O–H groups in total. The number of aromatic nitrogens is 2. The number of nitrogens with zero attached hydrogens (tertiary/aromatic N) is 2. The molecule has 0 bridgehead atoms. The Morgan fingerprint density at radius 1 is 0.941 bits per heavy atom. The first-order chi connectivity index (χ1) is 16.5. The van der Waals surface area contributed by atoms with Gasteiger partial charge in [0.1, 0.15) is 18.2 Å². The molecule has 2 amide bonds. The molecule has 0 spiro atoms. The number of aryl methyl sites for hydroxylation is 1. The van der Waals surface area contributed by atoms with Gasteiger partial charge in [0.25, 0.3) is 5.91 Å². The third-order valence-electron chi connectivity index (χ3n) is 4.95. The Hall–Kier alpha value is -4.46. The number of benzene rings is 3. The van der Waals surface area contributed by atoms with E-state index in [0.717, 1.165) is 5.56 Å². The summed E-state index contributed by atoms with van der Waals surface area (Å²) in [6, 6.07) is 19.9. The third-order valence-corrected chi connectivity index (χ3v) is 4.95. The number of anilines is 2. The number of carbonyl (C=O) groups is 2. The number of ether oxygens (including phenoxy) is 1. The fourth-order valence-electron chi connectivity index (χ4n) is 3.28. The molecule has 1 aromatic heterocycles. The quantitative estimate of drug-likeness (QED) is 0.374. The first-order valence-corrected chi connectivity index (χ1v) is 10.7. The Morgan fingerprint density at radius 3 is 2.53 bits per heavy atom. The Kier molecular flexibility index (Phi) is 7.29. The van der Waals surface area contributed by atoms with Crippen molar-refractivity contribution in [3.63, 3.8) is 0 Å². The van der Waals surface area contributed by atoms with E-state index in [2.05, 4.69) is 15.6 Å². The minimum absolute atomic E-state index is 0.155. The standard InChI is InChI=1S/C26H23FN4O3/c27-21-6-3-9-24(16-21)34-17-19-4-1-7-22(14-19)30-26(33)20-5-2-8-23(15-20)29-25(32)10-12-31-13-11-28-18-31/h1-9,11,13-16,18H,10,12,17H2,(H,29,32)(H,30,33). The second-order valence-corrected chi connectivity index (χ2v) is 7.58. The zero-order valence-electron chi connectivity index (χ0n) is 18.3. The van der Waals surface area contributed by atoms with E-state index in [0.29, 0.717) is 29.2 Å². The Morgan fingerprint density at radius 2 is 1.74 bits per heavy atom. The van der Waals surface area contributed by atoms with Crippen LogP contribution in [0.25, 0.3) is 0 Å². The molecule has 0 aliphatic rings. The molecule has 0 atom stereocenters. The fraction of sp³-hybridized carbons (Fsp3) is 0.115. The van der Waals surface area contributed by atoms with Gasteiger partial charge in [-0.3, -0.25) is 9.59 Å². The third kappa shape index (κ3) is 6.52. The molecule has 0 unspecified atom stereocenters. The van der Waals surface area contributed by atoms with Crippen molar-refractivity contribution in [1.82, 2.24) is 9.55 Å². The van der Waals surface area contributed by atoms with Crippen molar-refractivity contribution in [2.75, 3.05) is 10.6 Å². The lowest BCUT2D eigenvalue weighted by Crippen LogP contribution is -2.16. The lowest BCUT2D eigenvalue weighted by molar-refractivity contribution is -0.116. The normalized spacial score (nSPS) is 10.5. The van der Waals surface area contributed by atoms with Crippen LogP contribution in [0.4, 0.5) is 15.8 Å². The number of nitrogens with one attached hydrogen (secondary N) is 2. The molecule has 0 aliphatic heterocycles. The van der Waals surface area contributed by atoms with Crippen molar-refractivity contribution in [3.8, 4) is 5.75 Å². The van der Waals surface area contributed by atoms with Gasteiger partial charge in [-0.1, -0.05) is 24.3 Å². The first-order valence-electron chi connectivity index (χ1n) is 10.7. The highest BCUT2D eigenvalue weighted by molar-refractivity contribution is 6.05. The Balaban J connectivity index is 1.33. The van der Waals surface area contributed by atoms with E-state index in [1.165, 1.54) is 12.1 Å². The van der Waals surface area contributed by atoms with Gasteiger partial charge >= 0.3 is 0 Å². The van der Waals surface area contributed by atoms with Crippen LogP contribution in [0.1, 0.15) is 22.3 Å². The molecule has 0 aliphatic carbocycles. The van der Waals surface area contributed by atoms with Crippen LogP contribution >= 0.6 is 0 Å². The van der Waals surface area contributed by atoms with Crippen LogP contribution in [0.15, 0.2) is 91.5 Å². The fourth-order valence-corrected chi connectivity index (χ4v) is 3.28. The van der Waals surface area contributed by atoms with Crippen LogP contribution in [-0.4, -0.2) is 21.4 Å². The van der Waals surface area contributed by atoms with Gasteiger partial charge in [-0.05, 0) is 48.0 Å². The summed E-state index contributed by atoms with van der Waals surface area (Å²) in [6.07, 6.45) is 5.39. The molecule has 34 heavy (non-hydrogen) atoms. The number of hydrogen-bond acceptors (Lipinski definition) is 4. The van der Waals surface area contributed by atoms with E-state index in [1.807, 2.05) is 10.6 Å². The summed E-state index contributed by atoms with van der Waals surface area (Å²) in [6.45, 7) is 0.749. The van der Waals surface area contributed by atoms with Crippen LogP contribution in [-0.2, 0) is 17.9 Å². The van der Waals surface area contributed by atoms with Gasteiger partial charge < -0.3 is 19.9 Å². The van der Waals surface area contributed by atoms with Crippen molar-refractivity contribution in [3.05, 3.63) is 108 Å². The largest absolute Gasteiger partial charge is 0.489 e. The van der Waals surface area contributed by atoms with Crippen molar-refractivity contribution >= 4 is 23.2 Å². The molecule has 1 heterocycles. The predicted octanol–water partition coefficient (Wildman–Crippen LogP) is 4.88. The predicted molar refractivity (Wildman–Crippen MR) is 127 cm³/mol. The molecular formula is C26H23FN4O3. The molecule has 0 fully saturated rings. The summed E-state index contributed by atoms with van der Waals surface area (Å²) in [5, 5.41) is 5.67. The molecule has 3 aromatic carbocycles. The van der Waals surface area contributed by atoms with Crippen LogP contribution in [0.3, 0.4) is 0 Å². The number of rotatable bonds is 9. The number of hydrogen-bond donors (Lipinski definition) is 2. The second kappa shape index (κ2) is 10.9. The van der Waals surface area contributed by atoms with Crippen LogP contribution in [0.5, 0.6) is 5.75 Å². The second-order valence-electron chi connectivity index (χ2n) is 7.58. The van der Waals surface area contributed by atoms with Gasteiger partial charge in [0.05, 0.1) is 6.33 Å². The number of carbonyl (C=O) groups excluding carboxylic acids is 2. The van der Waals surface area contributed by atoms with E-state index in [1.54, 1.807) is 73.3 Å². The highest BCUT2D eigenvalue weighted by Gasteiger charge is 2.09. The van der Waals surface area contributed by atoms with Crippen LogP contribution < -0.4 is 15.4 Å². The van der Waals surface area contributed by atoms with E-state index >= 15 is 0 Å². The van der Waals surface area contributed by atoms with Crippen molar-refractivity contribution in [2.24, 2.45) is 0 Å². The summed E-state index contributed by atoms with van der Waals surface area (Å²) in [7, 11) is 0. The minimum Gasteiger partial charge on any atom is -0.489 e. The molecule has 4 aromatic rings. The molecule has 0 saturated carbocycles. The van der Waals surface area contributed by atoms with Crippen LogP contribution in [0, 0.1) is 5.82 Å². The molecular weight excluding hydrogens is 435 g/mol. The Bertz CT molecular complexity index is 1270. The summed E-state index contributed by atoms with van der Waals surface area (Å²) in [5.41, 5.74) is 2.37. The van der Waals surface area contributed by atoms with E-state index in [-0.39, 0.29) is 30.7 Å². The average molecular weight is 458 g/mol. The van der Waals surface area contributed by atoms with Crippen molar-refractivity contribution in [2.45, 2.75) is 19.6 Å². The highest BCUT2D eigenvalue weighted by Crippen LogP contribution is 2.18. The van der Waals surface area contributed by atoms with Gasteiger partial charge in [-0.15, -0.1) is 0 Å². The van der Waals surface area contributed by atoms with Crippen molar-refractivity contribution in [1.29, 1.82) is 0 Å². The summed E-state index contributed by atoms with van der Waals surface area (Å²) in [4.78, 5) is 28.9. The SMILES string of the molecule is O=C(CCn1ccnc1)Nc1cccc(C(=O)Nc2cccc(COc3cccc(F)c3)c2)c1. The summed E-state index contributed by atoms with van der Waals surface area (Å²) in [5.74, 6) is -0.400. The first kappa shape index (κ1) is 22.7. The molecule has 172 valence electrons.